The van der Waals surface area contributed by atoms with Gasteiger partial charge in [0, 0.05) is 16.6 Å². The third-order valence-electron chi connectivity index (χ3n) is 4.04. The van der Waals surface area contributed by atoms with Gasteiger partial charge in [0.25, 0.3) is 0 Å². The zero-order valence-electron chi connectivity index (χ0n) is 15.2. The Labute approximate surface area is 165 Å². The Morgan fingerprint density at radius 3 is 2.68 bits per heavy atom. The average molecular weight is 410 g/mol. The van der Waals surface area contributed by atoms with Crippen LogP contribution in [0.4, 0.5) is 8.78 Å². The van der Waals surface area contributed by atoms with Crippen molar-refractivity contribution in [3.8, 4) is 22.9 Å². The van der Waals surface area contributed by atoms with Gasteiger partial charge in [-0.15, -0.1) is 0 Å². The third kappa shape index (κ3) is 4.76. The van der Waals surface area contributed by atoms with Gasteiger partial charge < -0.3 is 19.3 Å². The van der Waals surface area contributed by atoms with Crippen LogP contribution in [-0.2, 0) is 6.54 Å². The molecule has 2 aromatic carbocycles. The molecule has 1 aromatic heterocycles. The molecule has 0 aliphatic carbocycles. The number of hydrogen-bond donors (Lipinski definition) is 1. The van der Waals surface area contributed by atoms with E-state index in [1.165, 1.54) is 19.2 Å². The molecular weight excluding hydrogens is 392 g/mol. The number of methoxy groups -OCH3 is 1. The van der Waals surface area contributed by atoms with Crippen LogP contribution in [0.15, 0.2) is 47.0 Å². The zero-order chi connectivity index (χ0) is 20.1. The van der Waals surface area contributed by atoms with Gasteiger partial charge >= 0.3 is 6.61 Å². The molecule has 0 fully saturated rings. The first-order chi connectivity index (χ1) is 13.5. The molecule has 148 valence electrons. The maximum Gasteiger partial charge on any atom is 0.387 e. The van der Waals surface area contributed by atoms with Gasteiger partial charge in [0.05, 0.1) is 13.7 Å². The summed E-state index contributed by atoms with van der Waals surface area (Å²) in [6.45, 7) is -0.628. The van der Waals surface area contributed by atoms with Gasteiger partial charge in [-0.05, 0) is 36.8 Å². The third-order valence-corrected chi connectivity index (χ3v) is 4.38. The van der Waals surface area contributed by atoms with Crippen LogP contribution < -0.4 is 14.8 Å². The second-order valence-corrected chi connectivity index (χ2v) is 6.29. The second-order valence-electron chi connectivity index (χ2n) is 5.88. The number of aromatic nitrogens is 2. The van der Waals surface area contributed by atoms with Crippen molar-refractivity contribution in [2.75, 3.05) is 7.11 Å². The number of benzene rings is 2. The first kappa shape index (κ1) is 20.0. The lowest BCUT2D eigenvalue weighted by Crippen LogP contribution is -2.18. The molecule has 0 radical (unpaired) electrons. The van der Waals surface area contributed by atoms with Crippen LogP contribution in [0.1, 0.15) is 24.4 Å². The summed E-state index contributed by atoms with van der Waals surface area (Å²) in [5, 5.41) is 7.86. The lowest BCUT2D eigenvalue weighted by molar-refractivity contribution is -0.0512. The second kappa shape index (κ2) is 8.99. The largest absolute Gasteiger partial charge is 0.493 e. The van der Waals surface area contributed by atoms with Gasteiger partial charge in [0.1, 0.15) is 0 Å². The van der Waals surface area contributed by atoms with Gasteiger partial charge in [-0.2, -0.15) is 13.8 Å². The van der Waals surface area contributed by atoms with Crippen molar-refractivity contribution in [2.24, 2.45) is 0 Å². The maximum absolute atomic E-state index is 12.4. The van der Waals surface area contributed by atoms with Crippen molar-refractivity contribution in [1.29, 1.82) is 0 Å². The fraction of sp³-hybridized carbons (Fsp3) is 0.263. The average Bonchev–Trinajstić information content (AvgIpc) is 3.15. The van der Waals surface area contributed by atoms with E-state index in [0.717, 1.165) is 5.56 Å². The van der Waals surface area contributed by atoms with Crippen LogP contribution in [0.25, 0.3) is 11.4 Å². The summed E-state index contributed by atoms with van der Waals surface area (Å²) < 4.78 is 39.6. The quantitative estimate of drug-likeness (QED) is 0.573. The Morgan fingerprint density at radius 1 is 1.18 bits per heavy atom. The molecule has 1 heterocycles. The molecule has 0 bridgehead atoms. The van der Waals surface area contributed by atoms with Crippen molar-refractivity contribution in [3.63, 3.8) is 0 Å². The van der Waals surface area contributed by atoms with Gasteiger partial charge in [-0.25, -0.2) is 0 Å². The minimum Gasteiger partial charge on any atom is -0.493 e. The monoisotopic (exact) mass is 409 g/mol. The molecule has 6 nitrogen and oxygen atoms in total. The number of nitrogens with zero attached hydrogens (tertiary/aromatic N) is 2. The minimum absolute atomic E-state index is 0.0186. The molecule has 0 amide bonds. The van der Waals surface area contributed by atoms with Crippen LogP contribution in [0.3, 0.4) is 0 Å². The molecule has 0 saturated carbocycles. The molecule has 1 atom stereocenters. The molecule has 28 heavy (non-hydrogen) atoms. The lowest BCUT2D eigenvalue weighted by Gasteiger charge is -2.14. The number of hydrogen-bond acceptors (Lipinski definition) is 6. The van der Waals surface area contributed by atoms with Crippen LogP contribution in [0.2, 0.25) is 5.02 Å². The predicted octanol–water partition coefficient (Wildman–Crippen LogP) is 4.85. The minimum atomic E-state index is -2.94. The molecule has 9 heteroatoms. The van der Waals surface area contributed by atoms with E-state index >= 15 is 0 Å². The molecular formula is C19H18ClF2N3O3. The summed E-state index contributed by atoms with van der Waals surface area (Å²) >= 11 is 6.20. The first-order valence-corrected chi connectivity index (χ1v) is 8.79. The number of halogens is 3. The van der Waals surface area contributed by atoms with Crippen molar-refractivity contribution < 1.29 is 22.8 Å². The van der Waals surface area contributed by atoms with Crippen LogP contribution in [0.5, 0.6) is 11.5 Å². The smallest absolute Gasteiger partial charge is 0.387 e. The van der Waals surface area contributed by atoms with E-state index in [1.807, 2.05) is 31.2 Å². The van der Waals surface area contributed by atoms with Crippen molar-refractivity contribution in [3.05, 3.63) is 58.9 Å². The van der Waals surface area contributed by atoms with Crippen molar-refractivity contribution in [2.45, 2.75) is 26.1 Å². The number of ether oxygens (including phenoxy) is 2. The van der Waals surface area contributed by atoms with E-state index in [0.29, 0.717) is 28.8 Å². The maximum atomic E-state index is 12.4. The summed E-state index contributed by atoms with van der Waals surface area (Å²) in [6.07, 6.45) is 0. The summed E-state index contributed by atoms with van der Waals surface area (Å²) in [5.41, 5.74) is 1.51. The number of nitrogens with one attached hydrogen (secondary N) is 1. The fourth-order valence-corrected chi connectivity index (χ4v) is 2.92. The molecule has 3 aromatic rings. The van der Waals surface area contributed by atoms with Gasteiger partial charge in [-0.1, -0.05) is 35.0 Å². The topological polar surface area (TPSA) is 69.4 Å². The highest BCUT2D eigenvalue weighted by atomic mass is 35.5. The molecule has 1 N–H and O–H groups in total. The molecule has 0 aliphatic rings. The van der Waals surface area contributed by atoms with Crippen molar-refractivity contribution in [1.82, 2.24) is 15.5 Å². The van der Waals surface area contributed by atoms with E-state index in [9.17, 15) is 8.78 Å². The van der Waals surface area contributed by atoms with E-state index in [-0.39, 0.29) is 17.5 Å². The molecule has 0 aliphatic heterocycles. The van der Waals surface area contributed by atoms with E-state index in [1.54, 1.807) is 6.07 Å². The van der Waals surface area contributed by atoms with E-state index in [4.69, 9.17) is 20.9 Å². The Kier molecular flexibility index (Phi) is 6.43. The van der Waals surface area contributed by atoms with Gasteiger partial charge in [0.2, 0.25) is 11.7 Å². The summed E-state index contributed by atoms with van der Waals surface area (Å²) in [5.74, 6) is 0.764. The molecule has 0 saturated heterocycles. The fourth-order valence-electron chi connectivity index (χ4n) is 2.62. The van der Waals surface area contributed by atoms with Gasteiger partial charge in [-0.3, -0.25) is 0 Å². The Balaban J connectivity index is 1.69. The summed E-state index contributed by atoms with van der Waals surface area (Å²) in [6, 6.07) is 12.0. The SMILES string of the molecule is COc1cc(-c2noc(CNC(C)c3ccccc3Cl)n2)ccc1OC(F)F. The lowest BCUT2D eigenvalue weighted by atomic mass is 10.1. The summed E-state index contributed by atoms with van der Waals surface area (Å²) in [7, 11) is 1.36. The normalized spacial score (nSPS) is 12.2. The van der Waals surface area contributed by atoms with Crippen LogP contribution in [-0.4, -0.2) is 23.9 Å². The predicted molar refractivity (Wildman–Crippen MR) is 99.6 cm³/mol. The highest BCUT2D eigenvalue weighted by Gasteiger charge is 2.16. The molecule has 0 spiro atoms. The standard InChI is InChI=1S/C19H18ClF2N3O3/c1-11(13-5-3-4-6-14(13)20)23-10-17-24-18(25-28-17)12-7-8-15(27-19(21)22)16(9-12)26-2/h3-9,11,19,23H,10H2,1-2H3. The number of rotatable bonds is 8. The van der Waals surface area contributed by atoms with E-state index in [2.05, 4.69) is 20.2 Å². The Hall–Kier alpha value is -2.71. The Bertz CT molecular complexity index is 936. The summed E-state index contributed by atoms with van der Waals surface area (Å²) in [4.78, 5) is 4.32. The van der Waals surface area contributed by atoms with Crippen molar-refractivity contribution >= 4 is 11.6 Å². The molecule has 3 rings (SSSR count). The van der Waals surface area contributed by atoms with Gasteiger partial charge in [0.15, 0.2) is 11.5 Å². The van der Waals surface area contributed by atoms with Crippen LogP contribution in [0, 0.1) is 0 Å². The Morgan fingerprint density at radius 2 is 1.96 bits per heavy atom. The van der Waals surface area contributed by atoms with Crippen LogP contribution >= 0.6 is 11.6 Å². The zero-order valence-corrected chi connectivity index (χ0v) is 15.9. The molecule has 1 unspecified atom stereocenters. The highest BCUT2D eigenvalue weighted by molar-refractivity contribution is 6.31. The number of alkyl halides is 2. The van der Waals surface area contributed by atoms with E-state index < -0.39 is 6.61 Å². The highest BCUT2D eigenvalue weighted by Crippen LogP contribution is 2.32. The first-order valence-electron chi connectivity index (χ1n) is 8.41.